The minimum Gasteiger partial charge on any atom is -0.490 e. The van der Waals surface area contributed by atoms with Crippen LogP contribution in [0.15, 0.2) is 30.5 Å². The van der Waals surface area contributed by atoms with Crippen LogP contribution in [-0.4, -0.2) is 21.7 Å². The highest BCUT2D eigenvalue weighted by atomic mass is 16.5. The van der Waals surface area contributed by atoms with Gasteiger partial charge in [0, 0.05) is 18.1 Å². The highest BCUT2D eigenvalue weighted by Gasteiger charge is 2.08. The van der Waals surface area contributed by atoms with Gasteiger partial charge >= 0.3 is 5.97 Å². The molecule has 1 heterocycles. The van der Waals surface area contributed by atoms with Gasteiger partial charge in [0.25, 0.3) is 0 Å². The fraction of sp³-hybridized carbons (Fsp3) is 0.357. The number of hydrogen-bond acceptors (Lipinski definition) is 2. The molecular formula is C14H17NO3. The summed E-state index contributed by atoms with van der Waals surface area (Å²) in [4.78, 5) is 10.6. The summed E-state index contributed by atoms with van der Waals surface area (Å²) in [6.07, 6.45) is 2.15. The summed E-state index contributed by atoms with van der Waals surface area (Å²) in [7, 11) is 0. The van der Waals surface area contributed by atoms with E-state index in [0.29, 0.717) is 6.54 Å². The third kappa shape index (κ3) is 2.64. The maximum Gasteiger partial charge on any atom is 0.305 e. The molecular weight excluding hydrogens is 230 g/mol. The zero-order valence-corrected chi connectivity index (χ0v) is 10.6. The molecule has 96 valence electrons. The molecule has 0 spiro atoms. The Morgan fingerprint density at radius 3 is 2.83 bits per heavy atom. The topological polar surface area (TPSA) is 51.5 Å². The van der Waals surface area contributed by atoms with Gasteiger partial charge in [-0.1, -0.05) is 6.07 Å². The lowest BCUT2D eigenvalue weighted by Gasteiger charge is -2.11. The number of carbonyl (C=O) groups is 1. The number of hydrogen-bond donors (Lipinski definition) is 1. The second-order valence-electron chi connectivity index (χ2n) is 4.51. The molecule has 0 saturated carbocycles. The smallest absolute Gasteiger partial charge is 0.305 e. The van der Waals surface area contributed by atoms with E-state index in [1.54, 1.807) is 0 Å². The van der Waals surface area contributed by atoms with E-state index < -0.39 is 5.97 Å². The molecule has 1 N–H and O–H groups in total. The Balaban J connectivity index is 2.32. The summed E-state index contributed by atoms with van der Waals surface area (Å²) >= 11 is 0. The molecule has 1 aromatic heterocycles. The maximum atomic E-state index is 10.6. The molecule has 4 nitrogen and oxygen atoms in total. The van der Waals surface area contributed by atoms with Gasteiger partial charge in [-0.05, 0) is 32.0 Å². The minimum atomic E-state index is -0.786. The monoisotopic (exact) mass is 247 g/mol. The number of fused-ring (bicyclic) bond motifs is 1. The third-order valence-electron chi connectivity index (χ3n) is 2.70. The maximum absolute atomic E-state index is 10.6. The van der Waals surface area contributed by atoms with Crippen LogP contribution in [0.1, 0.15) is 20.3 Å². The summed E-state index contributed by atoms with van der Waals surface area (Å²) in [5.74, 6) is 0.0583. The largest absolute Gasteiger partial charge is 0.490 e. The average molecular weight is 247 g/mol. The Hall–Kier alpha value is -1.97. The summed E-state index contributed by atoms with van der Waals surface area (Å²) in [6, 6.07) is 7.81. The number of benzene rings is 1. The van der Waals surface area contributed by atoms with Gasteiger partial charge in [-0.25, -0.2) is 0 Å². The minimum absolute atomic E-state index is 0.123. The molecule has 0 saturated heterocycles. The first-order valence-electron chi connectivity index (χ1n) is 6.04. The fourth-order valence-corrected chi connectivity index (χ4v) is 1.96. The first-order valence-corrected chi connectivity index (χ1v) is 6.04. The van der Waals surface area contributed by atoms with E-state index in [-0.39, 0.29) is 12.5 Å². The van der Waals surface area contributed by atoms with Crippen LogP contribution < -0.4 is 4.74 Å². The van der Waals surface area contributed by atoms with Gasteiger partial charge in [-0.15, -0.1) is 0 Å². The third-order valence-corrected chi connectivity index (χ3v) is 2.70. The van der Waals surface area contributed by atoms with Gasteiger partial charge in [0.15, 0.2) is 0 Å². The molecule has 2 aromatic rings. The van der Waals surface area contributed by atoms with E-state index in [0.717, 1.165) is 16.7 Å². The van der Waals surface area contributed by atoms with Gasteiger partial charge in [0.1, 0.15) is 5.75 Å². The first-order chi connectivity index (χ1) is 8.58. The molecule has 0 aliphatic rings. The first kappa shape index (κ1) is 12.5. The lowest BCUT2D eigenvalue weighted by Crippen LogP contribution is -2.06. The van der Waals surface area contributed by atoms with Crippen LogP contribution in [0.2, 0.25) is 0 Å². The molecule has 18 heavy (non-hydrogen) atoms. The Kier molecular flexibility index (Phi) is 3.55. The molecule has 0 atom stereocenters. The van der Waals surface area contributed by atoms with Crippen LogP contribution in [0.25, 0.3) is 10.9 Å². The Morgan fingerprint density at radius 2 is 2.17 bits per heavy atom. The second-order valence-corrected chi connectivity index (χ2v) is 4.51. The molecule has 1 aromatic carbocycles. The molecule has 4 heteroatoms. The van der Waals surface area contributed by atoms with Crippen molar-refractivity contribution in [1.29, 1.82) is 0 Å². The normalized spacial score (nSPS) is 11.1. The number of carboxylic acids is 1. The van der Waals surface area contributed by atoms with Gasteiger partial charge in [-0.3, -0.25) is 4.79 Å². The van der Waals surface area contributed by atoms with Gasteiger partial charge < -0.3 is 14.4 Å². The van der Waals surface area contributed by atoms with E-state index in [9.17, 15) is 4.79 Å². The van der Waals surface area contributed by atoms with E-state index in [1.807, 2.05) is 48.9 Å². The average Bonchev–Trinajstić information content (AvgIpc) is 2.70. The zero-order valence-electron chi connectivity index (χ0n) is 10.6. The van der Waals surface area contributed by atoms with Crippen molar-refractivity contribution in [2.75, 3.05) is 0 Å². The number of carboxylic acid groups (broad SMARTS) is 1. The number of aryl methyl sites for hydroxylation is 1. The van der Waals surface area contributed by atoms with Crippen LogP contribution in [0.3, 0.4) is 0 Å². The van der Waals surface area contributed by atoms with Crippen molar-refractivity contribution in [3.05, 3.63) is 30.5 Å². The summed E-state index contributed by atoms with van der Waals surface area (Å²) in [6.45, 7) is 4.45. The quantitative estimate of drug-likeness (QED) is 0.883. The molecule has 0 aliphatic heterocycles. The molecule has 2 rings (SSSR count). The van der Waals surface area contributed by atoms with Crippen molar-refractivity contribution in [2.45, 2.75) is 32.9 Å². The number of rotatable bonds is 5. The van der Waals surface area contributed by atoms with Gasteiger partial charge in [-0.2, -0.15) is 0 Å². The molecule has 0 unspecified atom stereocenters. The van der Waals surface area contributed by atoms with Crippen molar-refractivity contribution < 1.29 is 14.6 Å². The Labute approximate surface area is 106 Å². The zero-order chi connectivity index (χ0) is 13.1. The lowest BCUT2D eigenvalue weighted by molar-refractivity contribution is -0.137. The van der Waals surface area contributed by atoms with Crippen molar-refractivity contribution >= 4 is 16.9 Å². The SMILES string of the molecule is CC(C)Oc1cccc2c1ccn2CCC(=O)O. The van der Waals surface area contributed by atoms with E-state index in [1.165, 1.54) is 0 Å². The van der Waals surface area contributed by atoms with Crippen LogP contribution in [0, 0.1) is 0 Å². The van der Waals surface area contributed by atoms with Crippen molar-refractivity contribution in [2.24, 2.45) is 0 Å². The van der Waals surface area contributed by atoms with Crippen molar-refractivity contribution in [3.8, 4) is 5.75 Å². The number of ether oxygens (including phenoxy) is 1. The van der Waals surface area contributed by atoms with Crippen LogP contribution in [0.5, 0.6) is 5.75 Å². The van der Waals surface area contributed by atoms with Crippen molar-refractivity contribution in [3.63, 3.8) is 0 Å². The molecule has 0 aliphatic carbocycles. The molecule has 0 radical (unpaired) electrons. The number of aromatic nitrogens is 1. The highest BCUT2D eigenvalue weighted by molar-refractivity contribution is 5.86. The Morgan fingerprint density at radius 1 is 1.39 bits per heavy atom. The Bertz CT molecular complexity index is 557. The van der Waals surface area contributed by atoms with Crippen LogP contribution in [0.4, 0.5) is 0 Å². The summed E-state index contributed by atoms with van der Waals surface area (Å²) in [5, 5.41) is 9.74. The summed E-state index contributed by atoms with van der Waals surface area (Å²) in [5.41, 5.74) is 1.01. The van der Waals surface area contributed by atoms with E-state index in [4.69, 9.17) is 9.84 Å². The number of aliphatic carboxylic acids is 1. The standard InChI is InChI=1S/C14H17NO3/c1-10(2)18-13-5-3-4-12-11(13)6-8-15(12)9-7-14(16)17/h3-6,8,10H,7,9H2,1-2H3,(H,16,17). The van der Waals surface area contributed by atoms with Crippen LogP contribution >= 0.6 is 0 Å². The van der Waals surface area contributed by atoms with E-state index in [2.05, 4.69) is 0 Å². The van der Waals surface area contributed by atoms with Crippen LogP contribution in [-0.2, 0) is 11.3 Å². The lowest BCUT2D eigenvalue weighted by atomic mass is 10.2. The van der Waals surface area contributed by atoms with E-state index >= 15 is 0 Å². The molecule has 0 amide bonds. The number of nitrogens with zero attached hydrogens (tertiary/aromatic N) is 1. The highest BCUT2D eigenvalue weighted by Crippen LogP contribution is 2.27. The summed E-state index contributed by atoms with van der Waals surface area (Å²) < 4.78 is 7.68. The van der Waals surface area contributed by atoms with Gasteiger partial charge in [0.05, 0.1) is 18.0 Å². The fourth-order valence-electron chi connectivity index (χ4n) is 1.96. The molecule has 0 bridgehead atoms. The van der Waals surface area contributed by atoms with Gasteiger partial charge in [0.2, 0.25) is 0 Å². The predicted octanol–water partition coefficient (Wildman–Crippen LogP) is 2.90. The van der Waals surface area contributed by atoms with Crippen molar-refractivity contribution in [1.82, 2.24) is 4.57 Å². The molecule has 0 fully saturated rings. The predicted molar refractivity (Wildman–Crippen MR) is 70.0 cm³/mol. The second kappa shape index (κ2) is 5.12.